The molecule has 3 aromatic carbocycles. The summed E-state index contributed by atoms with van der Waals surface area (Å²) in [6, 6.07) is 23.8. The third-order valence-corrected chi connectivity index (χ3v) is 7.00. The van der Waals surface area contributed by atoms with E-state index in [2.05, 4.69) is 94.4 Å². The van der Waals surface area contributed by atoms with Crippen LogP contribution >= 0.6 is 0 Å². The van der Waals surface area contributed by atoms with Crippen LogP contribution in [0.2, 0.25) is 0 Å². The molecule has 0 saturated heterocycles. The third-order valence-electron chi connectivity index (χ3n) is 7.00. The highest BCUT2D eigenvalue weighted by molar-refractivity contribution is 5.83. The summed E-state index contributed by atoms with van der Waals surface area (Å²) in [5, 5.41) is 2.46. The van der Waals surface area contributed by atoms with Gasteiger partial charge in [0.25, 0.3) is 0 Å². The zero-order valence-corrected chi connectivity index (χ0v) is 20.8. The highest BCUT2D eigenvalue weighted by Gasteiger charge is 2.23. The van der Waals surface area contributed by atoms with Gasteiger partial charge < -0.3 is 9.47 Å². The highest BCUT2D eigenvalue weighted by Crippen LogP contribution is 2.34. The van der Waals surface area contributed by atoms with E-state index in [9.17, 15) is 0 Å². The van der Waals surface area contributed by atoms with Crippen molar-refractivity contribution in [2.45, 2.75) is 84.5 Å². The lowest BCUT2D eigenvalue weighted by Gasteiger charge is -2.28. The Morgan fingerprint density at radius 1 is 0.758 bits per heavy atom. The summed E-state index contributed by atoms with van der Waals surface area (Å²) in [5.74, 6) is 2.77. The van der Waals surface area contributed by atoms with Crippen LogP contribution in [0.1, 0.15) is 89.6 Å². The average Bonchev–Trinajstić information content (AvgIpc) is 2.83. The van der Waals surface area contributed by atoms with Crippen molar-refractivity contribution in [3.63, 3.8) is 0 Å². The zero-order chi connectivity index (χ0) is 23.2. The Bertz CT molecular complexity index is 999. The molecule has 2 nitrogen and oxygen atoms in total. The molecular formula is C31H40O2. The maximum atomic E-state index is 6.58. The first-order chi connectivity index (χ1) is 16.0. The van der Waals surface area contributed by atoms with E-state index in [-0.39, 0.29) is 12.4 Å². The number of rotatable bonds is 9. The van der Waals surface area contributed by atoms with Gasteiger partial charge in [-0.3, -0.25) is 0 Å². The fraction of sp³-hybridized carbons (Fsp3) is 0.484. The normalized spacial score (nSPS) is 16.9. The predicted molar refractivity (Wildman–Crippen MR) is 139 cm³/mol. The van der Waals surface area contributed by atoms with Gasteiger partial charge in [-0.05, 0) is 71.6 Å². The van der Waals surface area contributed by atoms with Gasteiger partial charge in [-0.25, -0.2) is 0 Å². The summed E-state index contributed by atoms with van der Waals surface area (Å²) in [7, 11) is 0. The van der Waals surface area contributed by atoms with Crippen molar-refractivity contribution in [1.82, 2.24) is 0 Å². The van der Waals surface area contributed by atoms with Crippen molar-refractivity contribution in [2.24, 2.45) is 11.8 Å². The third kappa shape index (κ3) is 6.38. The van der Waals surface area contributed by atoms with Gasteiger partial charge in [-0.1, -0.05) is 95.5 Å². The van der Waals surface area contributed by atoms with Crippen molar-refractivity contribution in [3.8, 4) is 5.75 Å². The maximum absolute atomic E-state index is 6.58. The van der Waals surface area contributed by atoms with E-state index in [1.54, 1.807) is 0 Å². The molecule has 0 spiro atoms. The van der Waals surface area contributed by atoms with Gasteiger partial charge >= 0.3 is 0 Å². The van der Waals surface area contributed by atoms with Crippen LogP contribution in [-0.2, 0) is 4.74 Å². The molecule has 4 rings (SSSR count). The first-order valence-electron chi connectivity index (χ1n) is 12.9. The molecule has 1 aliphatic rings. The van der Waals surface area contributed by atoms with Gasteiger partial charge in [-0.15, -0.1) is 0 Å². The molecule has 3 aromatic rings. The van der Waals surface area contributed by atoms with Crippen LogP contribution < -0.4 is 4.74 Å². The molecule has 0 aliphatic heterocycles. The van der Waals surface area contributed by atoms with E-state index in [1.165, 1.54) is 42.0 Å². The van der Waals surface area contributed by atoms with Crippen molar-refractivity contribution < 1.29 is 9.47 Å². The van der Waals surface area contributed by atoms with Crippen LogP contribution in [0, 0.1) is 11.8 Å². The fourth-order valence-electron chi connectivity index (χ4n) is 5.12. The number of ether oxygens (including phenoxy) is 2. The summed E-state index contributed by atoms with van der Waals surface area (Å²) in [6.45, 7) is 9.27. The second-order valence-electron chi connectivity index (χ2n) is 10.5. The van der Waals surface area contributed by atoms with Gasteiger partial charge in [0, 0.05) is 5.56 Å². The highest BCUT2D eigenvalue weighted by atomic mass is 16.7. The van der Waals surface area contributed by atoms with Crippen molar-refractivity contribution in [2.75, 3.05) is 0 Å². The molecule has 0 radical (unpaired) electrons. The second kappa shape index (κ2) is 11.2. The monoisotopic (exact) mass is 444 g/mol. The molecule has 2 heteroatoms. The summed E-state index contributed by atoms with van der Waals surface area (Å²) < 4.78 is 13.1. The SMILES string of the molecule is CC(C)CC(c1ccc(OC(OC2CCCCC2)c2ccc3ccccc3c2)cc1)C(C)C. The molecule has 0 bridgehead atoms. The van der Waals surface area contributed by atoms with Crippen LogP contribution in [0.4, 0.5) is 0 Å². The van der Waals surface area contributed by atoms with E-state index < -0.39 is 0 Å². The van der Waals surface area contributed by atoms with Crippen LogP contribution in [-0.4, -0.2) is 6.10 Å². The zero-order valence-electron chi connectivity index (χ0n) is 20.8. The number of benzene rings is 3. The summed E-state index contributed by atoms with van der Waals surface area (Å²) >= 11 is 0. The molecule has 1 saturated carbocycles. The molecule has 2 unspecified atom stereocenters. The van der Waals surface area contributed by atoms with E-state index in [0.717, 1.165) is 24.2 Å². The molecule has 2 atom stereocenters. The smallest absolute Gasteiger partial charge is 0.226 e. The number of fused-ring (bicyclic) bond motifs is 1. The number of hydrogen-bond acceptors (Lipinski definition) is 2. The lowest BCUT2D eigenvalue weighted by molar-refractivity contribution is -0.131. The van der Waals surface area contributed by atoms with Gasteiger partial charge in [0.1, 0.15) is 5.75 Å². The molecule has 0 aromatic heterocycles. The van der Waals surface area contributed by atoms with E-state index in [4.69, 9.17) is 9.47 Å². The van der Waals surface area contributed by atoms with E-state index in [1.807, 2.05) is 0 Å². The lowest BCUT2D eigenvalue weighted by atomic mass is 9.82. The average molecular weight is 445 g/mol. The fourth-order valence-corrected chi connectivity index (χ4v) is 5.12. The van der Waals surface area contributed by atoms with Crippen molar-refractivity contribution in [3.05, 3.63) is 77.9 Å². The Morgan fingerprint density at radius 3 is 2.09 bits per heavy atom. The Morgan fingerprint density at radius 2 is 1.42 bits per heavy atom. The van der Waals surface area contributed by atoms with Crippen molar-refractivity contribution >= 4 is 10.8 Å². The van der Waals surface area contributed by atoms with Gasteiger partial charge in [0.05, 0.1) is 6.10 Å². The summed E-state index contributed by atoms with van der Waals surface area (Å²) in [6.07, 6.45) is 7.14. The topological polar surface area (TPSA) is 18.5 Å². The Labute approximate surface area is 200 Å². The molecule has 0 N–H and O–H groups in total. The van der Waals surface area contributed by atoms with E-state index >= 15 is 0 Å². The molecule has 1 aliphatic carbocycles. The number of hydrogen-bond donors (Lipinski definition) is 0. The minimum absolute atomic E-state index is 0.269. The van der Waals surface area contributed by atoms with E-state index in [0.29, 0.717) is 17.8 Å². The standard InChI is InChI=1S/C31H40O2/c1-22(2)20-30(23(3)4)25-16-18-29(19-17-25)33-31(32-28-12-6-5-7-13-28)27-15-14-24-10-8-9-11-26(24)21-27/h8-11,14-19,21-23,28,30-31H,5-7,12-13,20H2,1-4H3. The minimum atomic E-state index is -0.389. The quantitative estimate of drug-likeness (QED) is 0.306. The molecular weight excluding hydrogens is 404 g/mol. The maximum Gasteiger partial charge on any atom is 0.226 e. The first-order valence-corrected chi connectivity index (χ1v) is 12.9. The van der Waals surface area contributed by atoms with Crippen LogP contribution in [0.3, 0.4) is 0 Å². The van der Waals surface area contributed by atoms with Gasteiger partial charge in [0.2, 0.25) is 6.29 Å². The first kappa shape index (κ1) is 23.8. The Kier molecular flexibility index (Phi) is 8.09. The minimum Gasteiger partial charge on any atom is -0.461 e. The Hall–Kier alpha value is -2.32. The summed E-state index contributed by atoms with van der Waals surface area (Å²) in [4.78, 5) is 0. The van der Waals surface area contributed by atoms with Crippen LogP contribution in [0.15, 0.2) is 66.7 Å². The molecule has 0 amide bonds. The Balaban J connectivity index is 1.56. The van der Waals surface area contributed by atoms with Gasteiger partial charge in [-0.2, -0.15) is 0 Å². The lowest BCUT2D eigenvalue weighted by Crippen LogP contribution is -2.23. The largest absolute Gasteiger partial charge is 0.461 e. The molecule has 0 heterocycles. The van der Waals surface area contributed by atoms with Gasteiger partial charge in [0.15, 0.2) is 0 Å². The second-order valence-corrected chi connectivity index (χ2v) is 10.5. The molecule has 33 heavy (non-hydrogen) atoms. The van der Waals surface area contributed by atoms with Crippen LogP contribution in [0.25, 0.3) is 10.8 Å². The van der Waals surface area contributed by atoms with Crippen molar-refractivity contribution in [1.29, 1.82) is 0 Å². The predicted octanol–water partition coefficient (Wildman–Crippen LogP) is 9.05. The molecule has 176 valence electrons. The van der Waals surface area contributed by atoms with Crippen LogP contribution in [0.5, 0.6) is 5.75 Å². The summed E-state index contributed by atoms with van der Waals surface area (Å²) in [5.41, 5.74) is 2.49. The molecule has 1 fully saturated rings.